The quantitative estimate of drug-likeness (QED) is 0.813. The first-order chi connectivity index (χ1) is 7.39. The lowest BCUT2D eigenvalue weighted by molar-refractivity contribution is 0.203. The second kappa shape index (κ2) is 4.50. The minimum atomic E-state index is -4.53. The minimum Gasteiger partial charge on any atom is -0.468 e. The lowest BCUT2D eigenvalue weighted by Gasteiger charge is -2.18. The Bertz CT molecular complexity index is 479. The fourth-order valence-corrected chi connectivity index (χ4v) is 1.82. The van der Waals surface area contributed by atoms with Gasteiger partial charge in [-0.05, 0) is 19.1 Å². The minimum absolute atomic E-state index is 0.135. The summed E-state index contributed by atoms with van der Waals surface area (Å²) in [6, 6.07) is 6.22. The van der Waals surface area contributed by atoms with Crippen molar-refractivity contribution >= 4 is 21.0 Å². The number of carboxylic acid groups (broad SMARTS) is 1. The number of anilines is 1. The number of hydrogen-bond acceptors (Lipinski definition) is 4. The van der Waals surface area contributed by atoms with Gasteiger partial charge >= 0.3 is 15.3 Å². The number of nitrogens with zero attached hydrogens (tertiary/aromatic N) is 1. The van der Waals surface area contributed by atoms with Crippen LogP contribution in [-0.2, 0) is 14.9 Å². The van der Waals surface area contributed by atoms with E-state index in [2.05, 4.69) is 4.84 Å². The zero-order valence-corrected chi connectivity index (χ0v) is 9.56. The molecule has 1 N–H and O–H groups in total. The molecule has 1 rings (SSSR count). The molecule has 0 spiro atoms. The monoisotopic (exact) mass is 245 g/mol. The van der Waals surface area contributed by atoms with Gasteiger partial charge in [0.05, 0.1) is 12.8 Å². The summed E-state index contributed by atoms with van der Waals surface area (Å²) in [6.45, 7) is 1.83. The first-order valence-electron chi connectivity index (χ1n) is 4.28. The van der Waals surface area contributed by atoms with Gasteiger partial charge in [-0.1, -0.05) is 17.7 Å². The van der Waals surface area contributed by atoms with E-state index in [0.29, 0.717) is 4.47 Å². The number of carbonyl (C=O) groups is 1. The topological polar surface area (TPSA) is 83.9 Å². The molecule has 0 saturated carbocycles. The van der Waals surface area contributed by atoms with Crippen LogP contribution in [0.25, 0.3) is 0 Å². The van der Waals surface area contributed by atoms with E-state index in [1.54, 1.807) is 12.1 Å². The third kappa shape index (κ3) is 2.31. The van der Waals surface area contributed by atoms with Crippen LogP contribution >= 0.6 is 0 Å². The van der Waals surface area contributed by atoms with Gasteiger partial charge in [-0.2, -0.15) is 8.42 Å². The van der Waals surface area contributed by atoms with E-state index in [9.17, 15) is 13.2 Å². The standard InChI is InChI=1S/C9H11NO5S/c1-7-3-5-8(6-4-7)10(15-2)16(13,14)9(11)12/h3-6H,1-2H3,(H,11,12). The van der Waals surface area contributed by atoms with E-state index in [1.807, 2.05) is 6.92 Å². The zero-order valence-electron chi connectivity index (χ0n) is 8.75. The van der Waals surface area contributed by atoms with Gasteiger partial charge in [0.1, 0.15) is 0 Å². The predicted molar refractivity (Wildman–Crippen MR) is 57.6 cm³/mol. The van der Waals surface area contributed by atoms with Crippen molar-refractivity contribution in [3.63, 3.8) is 0 Å². The fourth-order valence-electron chi connectivity index (χ4n) is 1.08. The molecule has 7 heteroatoms. The molecule has 0 fully saturated rings. The summed E-state index contributed by atoms with van der Waals surface area (Å²) < 4.78 is 23.1. The molecular weight excluding hydrogens is 234 g/mol. The van der Waals surface area contributed by atoms with Gasteiger partial charge < -0.3 is 5.11 Å². The van der Waals surface area contributed by atoms with Crippen LogP contribution in [0.4, 0.5) is 10.5 Å². The normalized spacial score (nSPS) is 11.1. The third-order valence-electron chi connectivity index (χ3n) is 1.85. The number of rotatable bonds is 3. The molecule has 1 aromatic carbocycles. The predicted octanol–water partition coefficient (Wildman–Crippen LogP) is 1.37. The van der Waals surface area contributed by atoms with Crippen LogP contribution in [-0.4, -0.2) is 25.9 Å². The molecule has 0 aliphatic heterocycles. The first kappa shape index (κ1) is 12.5. The Kier molecular flexibility index (Phi) is 3.51. The van der Waals surface area contributed by atoms with Crippen LogP contribution in [0.3, 0.4) is 0 Å². The summed E-state index contributed by atoms with van der Waals surface area (Å²) in [5, 5.41) is 6.59. The van der Waals surface area contributed by atoms with Gasteiger partial charge in [-0.15, -0.1) is 4.47 Å². The van der Waals surface area contributed by atoms with Crippen LogP contribution in [0.1, 0.15) is 5.56 Å². The second-order valence-electron chi connectivity index (χ2n) is 3.02. The molecular formula is C9H11NO5S. The molecule has 88 valence electrons. The summed E-state index contributed by atoms with van der Waals surface area (Å²) in [5.41, 5.74) is 1.06. The Labute approximate surface area is 93.1 Å². The van der Waals surface area contributed by atoms with Crippen LogP contribution in [0.5, 0.6) is 0 Å². The van der Waals surface area contributed by atoms with Gasteiger partial charge in [-0.3, -0.25) is 4.84 Å². The molecule has 0 atom stereocenters. The molecule has 0 aliphatic rings. The maximum atomic E-state index is 11.3. The van der Waals surface area contributed by atoms with E-state index in [-0.39, 0.29) is 5.69 Å². The van der Waals surface area contributed by atoms with E-state index in [4.69, 9.17) is 5.11 Å². The first-order valence-corrected chi connectivity index (χ1v) is 5.72. The third-order valence-corrected chi connectivity index (χ3v) is 3.09. The molecule has 6 nitrogen and oxygen atoms in total. The molecule has 0 aromatic heterocycles. The Morgan fingerprint density at radius 2 is 1.81 bits per heavy atom. The van der Waals surface area contributed by atoms with Crippen molar-refractivity contribution in [3.8, 4) is 0 Å². The van der Waals surface area contributed by atoms with Gasteiger partial charge in [0.25, 0.3) is 0 Å². The average molecular weight is 245 g/mol. The Morgan fingerprint density at radius 3 is 2.19 bits per heavy atom. The summed E-state index contributed by atoms with van der Waals surface area (Å²) >= 11 is 0. The smallest absolute Gasteiger partial charge is 0.445 e. The molecule has 0 aliphatic carbocycles. The van der Waals surface area contributed by atoms with E-state index < -0.39 is 15.3 Å². The zero-order chi connectivity index (χ0) is 12.3. The highest BCUT2D eigenvalue weighted by Gasteiger charge is 2.31. The van der Waals surface area contributed by atoms with Crippen LogP contribution in [0, 0.1) is 6.92 Å². The molecule has 0 radical (unpaired) electrons. The number of aryl methyl sites for hydroxylation is 1. The van der Waals surface area contributed by atoms with E-state index >= 15 is 0 Å². The van der Waals surface area contributed by atoms with Crippen molar-refractivity contribution < 1.29 is 23.2 Å². The maximum Gasteiger partial charge on any atom is 0.445 e. The molecule has 16 heavy (non-hydrogen) atoms. The van der Waals surface area contributed by atoms with Crippen molar-refractivity contribution in [3.05, 3.63) is 29.8 Å². The Hall–Kier alpha value is -1.60. The van der Waals surface area contributed by atoms with Crippen molar-refractivity contribution in [1.29, 1.82) is 0 Å². The summed E-state index contributed by atoms with van der Waals surface area (Å²) in [7, 11) is -3.44. The lowest BCUT2D eigenvalue weighted by atomic mass is 10.2. The number of benzene rings is 1. The molecule has 0 saturated heterocycles. The molecule has 0 unspecified atom stereocenters. The van der Waals surface area contributed by atoms with Crippen molar-refractivity contribution in [2.24, 2.45) is 0 Å². The largest absolute Gasteiger partial charge is 0.468 e. The van der Waals surface area contributed by atoms with Gasteiger partial charge in [0.2, 0.25) is 0 Å². The molecule has 0 amide bonds. The van der Waals surface area contributed by atoms with Crippen molar-refractivity contribution in [2.75, 3.05) is 11.6 Å². The van der Waals surface area contributed by atoms with Crippen molar-refractivity contribution in [1.82, 2.24) is 0 Å². The Balaban J connectivity index is 3.18. The van der Waals surface area contributed by atoms with Gasteiger partial charge in [0, 0.05) is 0 Å². The van der Waals surface area contributed by atoms with E-state index in [0.717, 1.165) is 12.7 Å². The molecule has 0 bridgehead atoms. The highest BCUT2D eigenvalue weighted by molar-refractivity contribution is 8.06. The summed E-state index contributed by atoms with van der Waals surface area (Å²) in [4.78, 5) is 15.1. The second-order valence-corrected chi connectivity index (χ2v) is 4.65. The van der Waals surface area contributed by atoms with Crippen LogP contribution in [0.2, 0.25) is 0 Å². The Morgan fingerprint density at radius 1 is 1.31 bits per heavy atom. The molecule has 0 heterocycles. The SMILES string of the molecule is CON(c1ccc(C)cc1)S(=O)(=O)C(=O)O. The van der Waals surface area contributed by atoms with Crippen LogP contribution < -0.4 is 4.47 Å². The fraction of sp³-hybridized carbons (Fsp3) is 0.222. The van der Waals surface area contributed by atoms with Gasteiger partial charge in [0.15, 0.2) is 0 Å². The lowest BCUT2D eigenvalue weighted by Crippen LogP contribution is -2.34. The molecule has 1 aromatic rings. The van der Waals surface area contributed by atoms with Crippen molar-refractivity contribution in [2.45, 2.75) is 6.92 Å². The summed E-state index contributed by atoms with van der Waals surface area (Å²) in [5.74, 6) is 0. The number of hydrogen-bond donors (Lipinski definition) is 1. The van der Waals surface area contributed by atoms with Crippen LogP contribution in [0.15, 0.2) is 24.3 Å². The van der Waals surface area contributed by atoms with E-state index in [1.165, 1.54) is 12.1 Å². The average Bonchev–Trinajstić information content (AvgIpc) is 2.21. The maximum absolute atomic E-state index is 11.3. The summed E-state index contributed by atoms with van der Waals surface area (Å²) in [6.07, 6.45) is 0. The highest BCUT2D eigenvalue weighted by Crippen LogP contribution is 2.19. The number of sulfonamides is 1. The van der Waals surface area contributed by atoms with Gasteiger partial charge in [-0.25, -0.2) is 4.79 Å². The highest BCUT2D eigenvalue weighted by atomic mass is 32.2.